The molecule has 0 saturated heterocycles. The van der Waals surface area contributed by atoms with Crippen molar-refractivity contribution in [2.45, 2.75) is 25.4 Å². The lowest BCUT2D eigenvalue weighted by Gasteiger charge is -2.19. The van der Waals surface area contributed by atoms with Crippen LogP contribution in [-0.2, 0) is 25.4 Å². The van der Waals surface area contributed by atoms with Crippen LogP contribution in [0.4, 0.5) is 0 Å². The predicted molar refractivity (Wildman–Crippen MR) is 86.2 cm³/mol. The quantitative estimate of drug-likeness (QED) is 0.365. The van der Waals surface area contributed by atoms with E-state index in [9.17, 15) is 23.8 Å². The molecule has 3 atom stereocenters. The Morgan fingerprint density at radius 1 is 1.24 bits per heavy atom. The largest absolute Gasteiger partial charge is 0.558 e. The van der Waals surface area contributed by atoms with Gasteiger partial charge in [-0.2, -0.15) is 0 Å². The highest BCUT2D eigenvalue weighted by Gasteiger charge is 2.22. The summed E-state index contributed by atoms with van der Waals surface area (Å²) < 4.78 is 15.0. The van der Waals surface area contributed by atoms with E-state index in [1.807, 2.05) is 0 Å². The van der Waals surface area contributed by atoms with Gasteiger partial charge in [-0.15, -0.1) is 0 Å². The number of hydrogen-bond acceptors (Lipinski definition) is 7. The highest BCUT2D eigenvalue weighted by atomic mass is 31.1. The van der Waals surface area contributed by atoms with Gasteiger partial charge in [0.25, 0.3) is 0 Å². The second-order valence-electron chi connectivity index (χ2n) is 5.12. The minimum atomic E-state index is -3.02. The Bertz CT molecular complexity index is 651. The summed E-state index contributed by atoms with van der Waals surface area (Å²) in [6, 6.07) is 4.00. The molecule has 0 radical (unpaired) electrons. The highest BCUT2D eigenvalue weighted by molar-refractivity contribution is 7.31. The second-order valence-corrected chi connectivity index (χ2v) is 5.75. The number of amides is 3. The van der Waals surface area contributed by atoms with Crippen LogP contribution >= 0.6 is 8.25 Å². The molecule has 1 aromatic carbocycles. The van der Waals surface area contributed by atoms with Crippen molar-refractivity contribution in [2.75, 3.05) is 6.54 Å². The number of carbonyl (C=O) groups is 3. The van der Waals surface area contributed by atoms with Gasteiger partial charge < -0.3 is 27.0 Å². The first kappa shape index (κ1) is 20.5. The van der Waals surface area contributed by atoms with Gasteiger partial charge in [0.1, 0.15) is 12.1 Å². The van der Waals surface area contributed by atoms with Crippen LogP contribution in [0.25, 0.3) is 0 Å². The Hall–Kier alpha value is -2.55. The van der Waals surface area contributed by atoms with Gasteiger partial charge in [0.05, 0.1) is 6.54 Å². The van der Waals surface area contributed by atoms with Gasteiger partial charge in [0, 0.05) is 6.42 Å². The summed E-state index contributed by atoms with van der Waals surface area (Å²) in [6.45, 7) is 1.18. The molecule has 1 aromatic rings. The normalized spacial score (nSPS) is 13.3. The molecule has 0 saturated carbocycles. The molecular formula is C14H19N4O6P. The van der Waals surface area contributed by atoms with E-state index < -0.39 is 38.1 Å². The van der Waals surface area contributed by atoms with E-state index in [1.165, 1.54) is 31.2 Å². The van der Waals surface area contributed by atoms with Crippen molar-refractivity contribution in [3.8, 4) is 5.75 Å². The Morgan fingerprint density at radius 2 is 1.84 bits per heavy atom. The number of primary amides is 1. The van der Waals surface area contributed by atoms with Gasteiger partial charge in [-0.05, 0) is 29.2 Å². The Labute approximate surface area is 144 Å². The molecule has 25 heavy (non-hydrogen) atoms. The van der Waals surface area contributed by atoms with Crippen molar-refractivity contribution in [1.82, 2.24) is 10.6 Å². The SMILES string of the molecule is C[C@H](NC(=O)CN)C(=O)N[C@@H](Cc1ccc(O[P+](=O)[O-])cc1)C(N)=O. The lowest BCUT2D eigenvalue weighted by Crippen LogP contribution is -2.53. The van der Waals surface area contributed by atoms with Gasteiger partial charge in [0.15, 0.2) is 5.75 Å². The third kappa shape index (κ3) is 7.25. The zero-order valence-electron chi connectivity index (χ0n) is 13.4. The van der Waals surface area contributed by atoms with Crippen LogP contribution in [-0.4, -0.2) is 36.3 Å². The molecule has 0 bridgehead atoms. The van der Waals surface area contributed by atoms with E-state index in [0.29, 0.717) is 5.56 Å². The number of hydrogen-bond donors (Lipinski definition) is 4. The average Bonchev–Trinajstić information content (AvgIpc) is 2.54. The molecule has 1 unspecified atom stereocenters. The molecule has 10 nitrogen and oxygen atoms in total. The molecule has 0 aromatic heterocycles. The fourth-order valence-electron chi connectivity index (χ4n) is 1.89. The fraction of sp³-hybridized carbons (Fsp3) is 0.357. The van der Waals surface area contributed by atoms with Crippen LogP contribution in [0.3, 0.4) is 0 Å². The van der Waals surface area contributed by atoms with E-state index in [1.54, 1.807) is 0 Å². The van der Waals surface area contributed by atoms with Crippen LogP contribution in [0.2, 0.25) is 0 Å². The Balaban J connectivity index is 2.71. The van der Waals surface area contributed by atoms with Gasteiger partial charge in [-0.1, -0.05) is 12.1 Å². The number of carbonyl (C=O) groups excluding carboxylic acids is 3. The molecule has 136 valence electrons. The standard InChI is InChI=1S/C14H19N4O6P/c1-8(17-12(19)7-15)14(21)18-11(13(16)20)6-9-2-4-10(5-3-9)24-25(22)23/h2-5,8,11H,6-7,15H2,1H3,(H2,16,20)(H,17,19)(H,18,21)/t8-,11-/m0/s1. The first-order valence-electron chi connectivity index (χ1n) is 7.23. The monoisotopic (exact) mass is 370 g/mol. The van der Waals surface area contributed by atoms with E-state index in [-0.39, 0.29) is 18.7 Å². The smallest absolute Gasteiger partial charge is 0.539 e. The number of rotatable bonds is 9. The molecule has 0 aliphatic carbocycles. The molecule has 0 aliphatic heterocycles. The van der Waals surface area contributed by atoms with E-state index in [0.717, 1.165) is 0 Å². The summed E-state index contributed by atoms with van der Waals surface area (Å²) in [4.78, 5) is 45.2. The second kappa shape index (κ2) is 9.67. The molecule has 0 heterocycles. The molecule has 0 fully saturated rings. The molecule has 0 spiro atoms. The van der Waals surface area contributed by atoms with Crippen molar-refractivity contribution in [3.05, 3.63) is 29.8 Å². The third-order valence-electron chi connectivity index (χ3n) is 3.16. The summed E-state index contributed by atoms with van der Waals surface area (Å²) in [5, 5.41) is 4.81. The minimum absolute atomic E-state index is 0.0857. The van der Waals surface area contributed by atoms with E-state index in [2.05, 4.69) is 15.2 Å². The van der Waals surface area contributed by atoms with Crippen LogP contribution in [0.5, 0.6) is 5.75 Å². The molecule has 1 rings (SSSR count). The Kier molecular flexibility index (Phi) is 7.93. The minimum Gasteiger partial charge on any atom is -0.558 e. The first-order valence-corrected chi connectivity index (χ1v) is 8.33. The van der Waals surface area contributed by atoms with Crippen LogP contribution in [0.1, 0.15) is 12.5 Å². The van der Waals surface area contributed by atoms with E-state index >= 15 is 0 Å². The lowest BCUT2D eigenvalue weighted by molar-refractivity contribution is -0.178. The van der Waals surface area contributed by atoms with Crippen molar-refractivity contribution < 1.29 is 28.4 Å². The maximum Gasteiger partial charge on any atom is 0.539 e. The number of nitrogens with one attached hydrogen (secondary N) is 2. The zero-order valence-corrected chi connectivity index (χ0v) is 14.3. The zero-order chi connectivity index (χ0) is 19.0. The summed E-state index contributed by atoms with van der Waals surface area (Å²) in [5.74, 6) is -1.73. The average molecular weight is 370 g/mol. The van der Waals surface area contributed by atoms with Gasteiger partial charge >= 0.3 is 8.25 Å². The molecule has 11 heteroatoms. The summed E-state index contributed by atoms with van der Waals surface area (Å²) in [5.41, 5.74) is 11.1. The van der Waals surface area contributed by atoms with Crippen molar-refractivity contribution in [3.63, 3.8) is 0 Å². The molecule has 3 amide bonds. The summed E-state index contributed by atoms with van der Waals surface area (Å²) in [6.07, 6.45) is 0.0857. The highest BCUT2D eigenvalue weighted by Crippen LogP contribution is 2.20. The fourth-order valence-corrected chi connectivity index (χ4v) is 2.19. The van der Waals surface area contributed by atoms with Gasteiger partial charge in [-0.3, -0.25) is 18.9 Å². The van der Waals surface area contributed by atoms with Crippen LogP contribution in [0.15, 0.2) is 24.3 Å². The van der Waals surface area contributed by atoms with Crippen LogP contribution in [0, 0.1) is 0 Å². The lowest BCUT2D eigenvalue weighted by atomic mass is 10.0. The van der Waals surface area contributed by atoms with Gasteiger partial charge in [-0.25, -0.2) is 0 Å². The molecular weight excluding hydrogens is 351 g/mol. The van der Waals surface area contributed by atoms with Crippen molar-refractivity contribution in [2.24, 2.45) is 11.5 Å². The third-order valence-corrected chi connectivity index (χ3v) is 3.52. The first-order chi connectivity index (χ1) is 11.7. The summed E-state index contributed by atoms with van der Waals surface area (Å²) in [7, 11) is -3.02. The number of benzene rings is 1. The Morgan fingerprint density at radius 3 is 2.32 bits per heavy atom. The topological polar surface area (TPSA) is 177 Å². The predicted octanol–water partition coefficient (Wildman–Crippen LogP) is -1.94. The molecule has 0 aliphatic rings. The number of nitrogens with two attached hydrogens (primary N) is 2. The summed E-state index contributed by atoms with van der Waals surface area (Å²) >= 11 is 0. The van der Waals surface area contributed by atoms with E-state index in [4.69, 9.17) is 11.5 Å². The van der Waals surface area contributed by atoms with Crippen molar-refractivity contribution >= 4 is 26.0 Å². The van der Waals surface area contributed by atoms with Crippen molar-refractivity contribution in [1.29, 1.82) is 0 Å². The maximum absolute atomic E-state index is 12.0. The maximum atomic E-state index is 12.0. The van der Waals surface area contributed by atoms with Crippen LogP contribution < -0.4 is 31.5 Å². The van der Waals surface area contributed by atoms with Gasteiger partial charge in [0.2, 0.25) is 17.7 Å². The molecule has 6 N–H and O–H groups in total.